The van der Waals surface area contributed by atoms with E-state index in [4.69, 9.17) is 4.42 Å². The molecule has 2 heterocycles. The molecule has 9 aromatic carbocycles. The summed E-state index contributed by atoms with van der Waals surface area (Å²) in [5, 5.41) is 13.6. The zero-order valence-electron chi connectivity index (χ0n) is 31.5. The van der Waals surface area contributed by atoms with Gasteiger partial charge in [0.25, 0.3) is 0 Å². The highest BCUT2D eigenvalue weighted by molar-refractivity contribution is 6.11. The van der Waals surface area contributed by atoms with Crippen molar-refractivity contribution >= 4 is 32.6 Å². The number of hydrogen-bond acceptors (Lipinski definition) is 3. The summed E-state index contributed by atoms with van der Waals surface area (Å²) in [4.78, 5) is 0. The predicted octanol–water partition coefficient (Wildman–Crippen LogP) is 14.3. The van der Waals surface area contributed by atoms with Crippen molar-refractivity contribution in [1.82, 2.24) is 14.8 Å². The topological polar surface area (TPSA) is 43.9 Å². The summed E-state index contributed by atoms with van der Waals surface area (Å²) in [6, 6.07) is 75.4. The number of rotatable bonds is 7. The molecule has 0 aliphatic rings. The second-order valence-electron chi connectivity index (χ2n) is 14.6. The van der Waals surface area contributed by atoms with E-state index in [1.54, 1.807) is 0 Å². The molecule has 4 nitrogen and oxygen atoms in total. The van der Waals surface area contributed by atoms with Crippen LogP contribution in [0.1, 0.15) is 0 Å². The van der Waals surface area contributed by atoms with Gasteiger partial charge in [-0.3, -0.25) is 0 Å². The molecule has 0 spiro atoms. The van der Waals surface area contributed by atoms with Gasteiger partial charge in [0.2, 0.25) is 11.8 Å². The molecule has 2 aromatic heterocycles. The molecule has 0 aliphatic heterocycles. The van der Waals surface area contributed by atoms with Crippen molar-refractivity contribution in [3.05, 3.63) is 212 Å². The van der Waals surface area contributed by atoms with Crippen LogP contribution in [-0.4, -0.2) is 14.8 Å². The molecule has 4 heteroatoms. The van der Waals surface area contributed by atoms with Gasteiger partial charge < -0.3 is 8.98 Å². The van der Waals surface area contributed by atoms with Crippen LogP contribution in [0.3, 0.4) is 0 Å². The van der Waals surface area contributed by atoms with E-state index in [2.05, 4.69) is 197 Å². The molecule has 11 aromatic rings. The molecule has 11 rings (SSSR count). The lowest BCUT2D eigenvalue weighted by atomic mass is 9.89. The van der Waals surface area contributed by atoms with Crippen LogP contribution in [0.15, 0.2) is 217 Å². The smallest absolute Gasteiger partial charge is 0.248 e. The summed E-state index contributed by atoms with van der Waals surface area (Å²) >= 11 is 0. The van der Waals surface area contributed by atoms with E-state index in [-0.39, 0.29) is 0 Å². The van der Waals surface area contributed by atoms with Gasteiger partial charge in [-0.2, -0.15) is 0 Å². The van der Waals surface area contributed by atoms with E-state index >= 15 is 0 Å². The molecule has 0 radical (unpaired) electrons. The van der Waals surface area contributed by atoms with Crippen LogP contribution >= 0.6 is 0 Å². The normalized spacial score (nSPS) is 11.4. The van der Waals surface area contributed by atoms with Crippen molar-refractivity contribution in [1.29, 1.82) is 0 Å². The second kappa shape index (κ2) is 14.0. The Morgan fingerprint density at radius 1 is 0.310 bits per heavy atom. The van der Waals surface area contributed by atoms with Crippen LogP contribution in [0.5, 0.6) is 0 Å². The summed E-state index contributed by atoms with van der Waals surface area (Å²) in [5.74, 6) is 1.01. The Labute approximate surface area is 335 Å². The molecule has 0 bridgehead atoms. The first kappa shape index (κ1) is 33.5. The van der Waals surface area contributed by atoms with E-state index < -0.39 is 0 Å². The molecule has 58 heavy (non-hydrogen) atoms. The van der Waals surface area contributed by atoms with E-state index in [1.807, 2.05) is 30.3 Å². The monoisotopic (exact) mass is 741 g/mol. The minimum absolute atomic E-state index is 0.499. The Balaban J connectivity index is 0.938. The Bertz CT molecular complexity index is 3260. The van der Waals surface area contributed by atoms with Crippen molar-refractivity contribution in [3.8, 4) is 73.1 Å². The SMILES string of the molecule is c1ccc(-c2nnc(-c3ccc(-c4ccccc4-c4ccccc4-c4ccc(-n5c6ccccc6c6cc(-c7cccc8ccccc78)ccc65)cc4)cc3)o2)cc1. The number of para-hydroxylation sites is 1. The van der Waals surface area contributed by atoms with E-state index in [0.717, 1.165) is 33.5 Å². The first-order valence-corrected chi connectivity index (χ1v) is 19.6. The predicted molar refractivity (Wildman–Crippen MR) is 239 cm³/mol. The van der Waals surface area contributed by atoms with E-state index in [0.29, 0.717) is 11.8 Å². The van der Waals surface area contributed by atoms with Gasteiger partial charge in [-0.15, -0.1) is 10.2 Å². The number of benzene rings is 9. The lowest BCUT2D eigenvalue weighted by Crippen LogP contribution is -1.94. The molecule has 0 amide bonds. The molecular formula is C54H35N3O. The first-order chi connectivity index (χ1) is 28.8. The van der Waals surface area contributed by atoms with E-state index in [9.17, 15) is 0 Å². The number of hydrogen-bond donors (Lipinski definition) is 0. The Kier molecular flexibility index (Phi) is 8.11. The number of aromatic nitrogens is 3. The summed E-state index contributed by atoms with van der Waals surface area (Å²) in [5.41, 5.74) is 14.7. The molecule has 0 saturated carbocycles. The molecular weight excluding hydrogens is 707 g/mol. The lowest BCUT2D eigenvalue weighted by Gasteiger charge is -2.15. The van der Waals surface area contributed by atoms with Gasteiger partial charge >= 0.3 is 0 Å². The third-order valence-corrected chi connectivity index (χ3v) is 11.2. The number of fused-ring (bicyclic) bond motifs is 4. The van der Waals surface area contributed by atoms with Gasteiger partial charge in [0.05, 0.1) is 11.0 Å². The second-order valence-corrected chi connectivity index (χ2v) is 14.6. The van der Waals surface area contributed by atoms with Crippen molar-refractivity contribution in [2.45, 2.75) is 0 Å². The lowest BCUT2D eigenvalue weighted by molar-refractivity contribution is 0.584. The Morgan fingerprint density at radius 2 is 0.793 bits per heavy atom. The van der Waals surface area contributed by atoms with Crippen LogP contribution in [0.25, 0.3) is 106 Å². The van der Waals surface area contributed by atoms with Crippen molar-refractivity contribution < 1.29 is 4.42 Å². The van der Waals surface area contributed by atoms with Gasteiger partial charge in [-0.05, 0) is 110 Å². The summed E-state index contributed by atoms with van der Waals surface area (Å²) in [7, 11) is 0. The minimum Gasteiger partial charge on any atom is -0.416 e. The zero-order chi connectivity index (χ0) is 38.4. The zero-order valence-corrected chi connectivity index (χ0v) is 31.5. The molecule has 0 unspecified atom stereocenters. The molecule has 0 saturated heterocycles. The molecule has 0 fully saturated rings. The summed E-state index contributed by atoms with van der Waals surface area (Å²) in [6.07, 6.45) is 0. The maximum atomic E-state index is 6.04. The molecule has 0 aliphatic carbocycles. The third kappa shape index (κ3) is 5.78. The van der Waals surface area contributed by atoms with Gasteiger partial charge in [0, 0.05) is 27.6 Å². The fourth-order valence-electron chi connectivity index (χ4n) is 8.45. The van der Waals surface area contributed by atoms with Crippen molar-refractivity contribution in [2.24, 2.45) is 0 Å². The van der Waals surface area contributed by atoms with Gasteiger partial charge in [0.1, 0.15) is 0 Å². The van der Waals surface area contributed by atoms with Crippen LogP contribution in [-0.2, 0) is 0 Å². The minimum atomic E-state index is 0.499. The maximum absolute atomic E-state index is 6.04. The van der Waals surface area contributed by atoms with Crippen LogP contribution in [0, 0.1) is 0 Å². The molecule has 272 valence electrons. The highest BCUT2D eigenvalue weighted by Gasteiger charge is 2.17. The quantitative estimate of drug-likeness (QED) is 0.163. The van der Waals surface area contributed by atoms with Gasteiger partial charge in [0.15, 0.2) is 0 Å². The Morgan fingerprint density at radius 3 is 1.50 bits per heavy atom. The van der Waals surface area contributed by atoms with Crippen molar-refractivity contribution in [2.75, 3.05) is 0 Å². The van der Waals surface area contributed by atoms with Crippen LogP contribution in [0.2, 0.25) is 0 Å². The first-order valence-electron chi connectivity index (χ1n) is 19.6. The summed E-state index contributed by atoms with van der Waals surface area (Å²) in [6.45, 7) is 0. The average molecular weight is 742 g/mol. The van der Waals surface area contributed by atoms with Gasteiger partial charge in [-0.25, -0.2) is 0 Å². The Hall–Kier alpha value is -7.82. The molecule has 0 atom stereocenters. The van der Waals surface area contributed by atoms with Crippen molar-refractivity contribution in [3.63, 3.8) is 0 Å². The molecule has 0 N–H and O–H groups in total. The van der Waals surface area contributed by atoms with E-state index in [1.165, 1.54) is 60.4 Å². The largest absolute Gasteiger partial charge is 0.416 e. The standard InChI is InChI=1S/C54H35N3O/c1-2-14-39(15-3-1)53-55-56-54(58-53)40-27-25-37(26-28-40)44-18-6-8-20-47(44)48-21-9-7-19-45(48)38-29-32-42(33-30-38)57-51-24-11-10-22-49(51)50-35-41(31-34-52(50)57)46-23-12-16-36-13-4-5-17-43(36)46/h1-35H. The fraction of sp³-hybridized carbons (Fsp3) is 0. The van der Waals surface area contributed by atoms with Gasteiger partial charge in [-0.1, -0.05) is 158 Å². The van der Waals surface area contributed by atoms with Crippen LogP contribution in [0.4, 0.5) is 0 Å². The highest BCUT2D eigenvalue weighted by Crippen LogP contribution is 2.41. The average Bonchev–Trinajstić information content (AvgIpc) is 3.93. The fourth-order valence-corrected chi connectivity index (χ4v) is 8.45. The maximum Gasteiger partial charge on any atom is 0.248 e. The highest BCUT2D eigenvalue weighted by atomic mass is 16.4. The summed E-state index contributed by atoms with van der Waals surface area (Å²) < 4.78 is 8.44. The third-order valence-electron chi connectivity index (χ3n) is 11.2. The van der Waals surface area contributed by atoms with Crippen LogP contribution < -0.4 is 0 Å². The number of nitrogens with zero attached hydrogens (tertiary/aromatic N) is 3.